The standard InChI is InChI=1S/C16H17F2NO/c1-10-4-3-5-12(6-10)16(11(2)19)20-15-8-13(17)7-14(18)9-15/h3-9,11,16H,19H2,1-2H3. The summed E-state index contributed by atoms with van der Waals surface area (Å²) in [4.78, 5) is 0. The Bertz CT molecular complexity index is 579. The van der Waals surface area contributed by atoms with E-state index in [-0.39, 0.29) is 11.8 Å². The highest BCUT2D eigenvalue weighted by Crippen LogP contribution is 2.26. The summed E-state index contributed by atoms with van der Waals surface area (Å²) in [6, 6.07) is 10.5. The Hall–Kier alpha value is -1.94. The molecule has 2 aromatic carbocycles. The molecule has 0 radical (unpaired) electrons. The zero-order valence-electron chi connectivity index (χ0n) is 11.4. The highest BCUT2D eigenvalue weighted by atomic mass is 19.1. The van der Waals surface area contributed by atoms with Gasteiger partial charge < -0.3 is 10.5 Å². The molecule has 2 aromatic rings. The average Bonchev–Trinajstić information content (AvgIpc) is 2.34. The molecule has 4 heteroatoms. The molecule has 0 amide bonds. The molecule has 0 fully saturated rings. The highest BCUT2D eigenvalue weighted by molar-refractivity contribution is 5.29. The Morgan fingerprint density at radius 2 is 1.70 bits per heavy atom. The Morgan fingerprint density at radius 1 is 1.05 bits per heavy atom. The molecule has 0 aromatic heterocycles. The summed E-state index contributed by atoms with van der Waals surface area (Å²) in [5.74, 6) is -1.22. The van der Waals surface area contributed by atoms with Gasteiger partial charge in [0.05, 0.1) is 0 Å². The van der Waals surface area contributed by atoms with Crippen LogP contribution < -0.4 is 10.5 Å². The molecule has 0 aliphatic heterocycles. The Balaban J connectivity index is 2.30. The molecule has 2 unspecified atom stereocenters. The van der Waals surface area contributed by atoms with Crippen LogP contribution >= 0.6 is 0 Å². The van der Waals surface area contributed by atoms with Gasteiger partial charge in [-0.25, -0.2) is 8.78 Å². The first-order chi connectivity index (χ1) is 9.45. The maximum atomic E-state index is 13.2. The lowest BCUT2D eigenvalue weighted by molar-refractivity contribution is 0.179. The van der Waals surface area contributed by atoms with Gasteiger partial charge in [-0.15, -0.1) is 0 Å². The van der Waals surface area contributed by atoms with Crippen LogP contribution in [0.25, 0.3) is 0 Å². The van der Waals surface area contributed by atoms with E-state index in [4.69, 9.17) is 10.5 Å². The molecular weight excluding hydrogens is 260 g/mol. The average molecular weight is 277 g/mol. The lowest BCUT2D eigenvalue weighted by Crippen LogP contribution is -2.29. The van der Waals surface area contributed by atoms with Crippen LogP contribution in [-0.2, 0) is 0 Å². The van der Waals surface area contributed by atoms with Crippen LogP contribution in [0.15, 0.2) is 42.5 Å². The summed E-state index contributed by atoms with van der Waals surface area (Å²) >= 11 is 0. The zero-order valence-corrected chi connectivity index (χ0v) is 11.4. The molecule has 20 heavy (non-hydrogen) atoms. The quantitative estimate of drug-likeness (QED) is 0.924. The molecule has 0 aliphatic rings. The molecule has 0 bridgehead atoms. The van der Waals surface area contributed by atoms with E-state index < -0.39 is 17.7 Å². The molecule has 0 saturated heterocycles. The molecular formula is C16H17F2NO. The second-order valence-corrected chi connectivity index (χ2v) is 4.92. The number of aryl methyl sites for hydroxylation is 1. The number of rotatable bonds is 4. The van der Waals surface area contributed by atoms with E-state index >= 15 is 0 Å². The molecule has 2 rings (SSSR count). The summed E-state index contributed by atoms with van der Waals surface area (Å²) in [6.45, 7) is 3.76. The fraction of sp³-hybridized carbons (Fsp3) is 0.250. The van der Waals surface area contributed by atoms with Gasteiger partial charge in [0.2, 0.25) is 0 Å². The van der Waals surface area contributed by atoms with Gasteiger partial charge in [-0.1, -0.05) is 29.8 Å². The summed E-state index contributed by atoms with van der Waals surface area (Å²) in [5.41, 5.74) is 7.88. The SMILES string of the molecule is Cc1cccc(C(Oc2cc(F)cc(F)c2)C(C)N)c1. The van der Waals surface area contributed by atoms with Gasteiger partial charge in [-0.05, 0) is 19.4 Å². The van der Waals surface area contributed by atoms with Gasteiger partial charge in [0.1, 0.15) is 23.5 Å². The Morgan fingerprint density at radius 3 is 2.25 bits per heavy atom. The first-order valence-corrected chi connectivity index (χ1v) is 6.40. The predicted octanol–water partition coefficient (Wildman–Crippen LogP) is 3.74. The predicted molar refractivity (Wildman–Crippen MR) is 74.6 cm³/mol. The monoisotopic (exact) mass is 277 g/mol. The maximum absolute atomic E-state index is 13.2. The Kier molecular flexibility index (Phi) is 4.35. The summed E-state index contributed by atoms with van der Waals surface area (Å²) in [5, 5.41) is 0. The molecule has 2 nitrogen and oxygen atoms in total. The van der Waals surface area contributed by atoms with Gasteiger partial charge in [0.15, 0.2) is 0 Å². The van der Waals surface area contributed by atoms with Gasteiger partial charge >= 0.3 is 0 Å². The third-order valence-electron chi connectivity index (χ3n) is 2.95. The summed E-state index contributed by atoms with van der Waals surface area (Å²) in [7, 11) is 0. The van der Waals surface area contributed by atoms with Crippen LogP contribution in [0.2, 0.25) is 0 Å². The number of benzene rings is 2. The topological polar surface area (TPSA) is 35.2 Å². The molecule has 106 valence electrons. The molecule has 0 saturated carbocycles. The number of nitrogens with two attached hydrogens (primary N) is 1. The fourth-order valence-electron chi connectivity index (χ4n) is 2.07. The van der Waals surface area contributed by atoms with Gasteiger partial charge in [-0.2, -0.15) is 0 Å². The van der Waals surface area contributed by atoms with Crippen molar-refractivity contribution in [3.05, 3.63) is 65.2 Å². The van der Waals surface area contributed by atoms with Crippen molar-refractivity contribution in [3.63, 3.8) is 0 Å². The van der Waals surface area contributed by atoms with Crippen molar-refractivity contribution < 1.29 is 13.5 Å². The second kappa shape index (κ2) is 6.01. The third-order valence-corrected chi connectivity index (χ3v) is 2.95. The largest absolute Gasteiger partial charge is 0.484 e. The molecule has 0 aliphatic carbocycles. The van der Waals surface area contributed by atoms with E-state index in [0.29, 0.717) is 0 Å². The first-order valence-electron chi connectivity index (χ1n) is 6.40. The summed E-state index contributed by atoms with van der Waals surface area (Å²) in [6.07, 6.45) is -0.462. The van der Waals surface area contributed by atoms with E-state index in [1.807, 2.05) is 31.2 Å². The first kappa shape index (κ1) is 14.5. The van der Waals surface area contributed by atoms with Crippen molar-refractivity contribution in [2.75, 3.05) is 0 Å². The molecule has 0 spiro atoms. The highest BCUT2D eigenvalue weighted by Gasteiger charge is 2.19. The van der Waals surface area contributed by atoms with E-state index in [9.17, 15) is 8.78 Å². The molecule has 2 N–H and O–H groups in total. The van der Waals surface area contributed by atoms with Crippen molar-refractivity contribution in [3.8, 4) is 5.75 Å². The van der Waals surface area contributed by atoms with E-state index in [1.54, 1.807) is 6.92 Å². The van der Waals surface area contributed by atoms with Crippen LogP contribution in [-0.4, -0.2) is 6.04 Å². The minimum absolute atomic E-state index is 0.131. The van der Waals surface area contributed by atoms with Gasteiger partial charge in [0, 0.05) is 24.2 Å². The third kappa shape index (κ3) is 3.54. The number of hydrogen-bond acceptors (Lipinski definition) is 2. The Labute approximate surface area is 117 Å². The van der Waals surface area contributed by atoms with Crippen LogP contribution in [0, 0.1) is 18.6 Å². The lowest BCUT2D eigenvalue weighted by atomic mass is 10.0. The fourth-order valence-corrected chi connectivity index (χ4v) is 2.07. The van der Waals surface area contributed by atoms with Crippen molar-refractivity contribution in [1.29, 1.82) is 0 Å². The van der Waals surface area contributed by atoms with E-state index in [1.165, 1.54) is 0 Å². The van der Waals surface area contributed by atoms with Gasteiger partial charge in [0.25, 0.3) is 0 Å². The maximum Gasteiger partial charge on any atom is 0.138 e. The van der Waals surface area contributed by atoms with Crippen LogP contribution in [0.4, 0.5) is 8.78 Å². The van der Waals surface area contributed by atoms with Crippen molar-refractivity contribution in [1.82, 2.24) is 0 Å². The van der Waals surface area contributed by atoms with E-state index in [2.05, 4.69) is 0 Å². The van der Waals surface area contributed by atoms with Crippen LogP contribution in [0.5, 0.6) is 5.75 Å². The van der Waals surface area contributed by atoms with Gasteiger partial charge in [-0.3, -0.25) is 0 Å². The van der Waals surface area contributed by atoms with Crippen molar-refractivity contribution in [2.45, 2.75) is 26.0 Å². The van der Waals surface area contributed by atoms with E-state index in [0.717, 1.165) is 29.3 Å². The van der Waals surface area contributed by atoms with Crippen LogP contribution in [0.1, 0.15) is 24.2 Å². The second-order valence-electron chi connectivity index (χ2n) is 4.92. The number of hydrogen-bond donors (Lipinski definition) is 1. The number of ether oxygens (including phenoxy) is 1. The number of halogens is 2. The normalized spacial score (nSPS) is 13.8. The smallest absolute Gasteiger partial charge is 0.138 e. The molecule has 0 heterocycles. The minimum atomic E-state index is -0.673. The molecule has 2 atom stereocenters. The van der Waals surface area contributed by atoms with Crippen molar-refractivity contribution in [2.24, 2.45) is 5.73 Å². The lowest BCUT2D eigenvalue weighted by Gasteiger charge is -2.23. The zero-order chi connectivity index (χ0) is 14.7. The summed E-state index contributed by atoms with van der Waals surface area (Å²) < 4.78 is 32.1. The van der Waals surface area contributed by atoms with Crippen molar-refractivity contribution >= 4 is 0 Å². The minimum Gasteiger partial charge on any atom is -0.484 e. The van der Waals surface area contributed by atoms with Crippen LogP contribution in [0.3, 0.4) is 0 Å².